The van der Waals surface area contributed by atoms with Gasteiger partial charge in [0.15, 0.2) is 0 Å². The average molecular weight is 284 g/mol. The minimum absolute atomic E-state index is 0.0605. The van der Waals surface area contributed by atoms with Gasteiger partial charge in [-0.2, -0.15) is 0 Å². The summed E-state index contributed by atoms with van der Waals surface area (Å²) in [7, 11) is 3.46. The van der Waals surface area contributed by atoms with Gasteiger partial charge in [0, 0.05) is 50.2 Å². The lowest BCUT2D eigenvalue weighted by molar-refractivity contribution is 0.217. The molecule has 0 saturated carbocycles. The van der Waals surface area contributed by atoms with Gasteiger partial charge in [0.05, 0.1) is 5.01 Å². The van der Waals surface area contributed by atoms with Crippen LogP contribution in [0.3, 0.4) is 0 Å². The van der Waals surface area contributed by atoms with E-state index in [1.54, 1.807) is 25.4 Å². The van der Waals surface area contributed by atoms with E-state index in [0.717, 1.165) is 18.1 Å². The van der Waals surface area contributed by atoms with Gasteiger partial charge in [-0.3, -0.25) is 0 Å². The lowest BCUT2D eigenvalue weighted by Gasteiger charge is -2.13. The summed E-state index contributed by atoms with van der Waals surface area (Å²) in [6.07, 6.45) is 1.93. The van der Waals surface area contributed by atoms with Crippen molar-refractivity contribution in [2.75, 3.05) is 27.2 Å². The van der Waals surface area contributed by atoms with E-state index in [-0.39, 0.29) is 11.4 Å². The molecule has 2 amide bonds. The molecule has 0 radical (unpaired) electrons. The number of hydrogen-bond acceptors (Lipinski definition) is 4. The summed E-state index contributed by atoms with van der Waals surface area (Å²) in [6.45, 7) is 8.68. The van der Waals surface area contributed by atoms with Crippen LogP contribution in [0.4, 0.5) is 4.79 Å². The van der Waals surface area contributed by atoms with E-state index in [4.69, 9.17) is 0 Å². The maximum atomic E-state index is 11.3. The Labute approximate surface area is 119 Å². The first-order valence-corrected chi connectivity index (χ1v) is 7.23. The molecule has 5 nitrogen and oxygen atoms in total. The van der Waals surface area contributed by atoms with Crippen LogP contribution in [0.25, 0.3) is 0 Å². The molecule has 0 aliphatic rings. The number of carbonyl (C=O) groups excluding carboxylic acids is 1. The third-order valence-corrected chi connectivity index (χ3v) is 3.90. The first-order chi connectivity index (χ1) is 8.80. The van der Waals surface area contributed by atoms with E-state index in [1.165, 1.54) is 9.78 Å². The van der Waals surface area contributed by atoms with Crippen molar-refractivity contribution < 1.29 is 4.79 Å². The molecule has 1 aromatic rings. The Bertz CT molecular complexity index is 409. The van der Waals surface area contributed by atoms with Crippen LogP contribution in [0.2, 0.25) is 0 Å². The zero-order chi connectivity index (χ0) is 14.5. The van der Waals surface area contributed by atoms with E-state index in [2.05, 4.69) is 36.4 Å². The van der Waals surface area contributed by atoms with Crippen molar-refractivity contribution >= 4 is 17.4 Å². The van der Waals surface area contributed by atoms with E-state index < -0.39 is 0 Å². The Morgan fingerprint density at radius 1 is 1.37 bits per heavy atom. The lowest BCUT2D eigenvalue weighted by Crippen LogP contribution is -2.38. The number of aromatic nitrogens is 1. The first-order valence-electron chi connectivity index (χ1n) is 6.42. The summed E-state index contributed by atoms with van der Waals surface area (Å²) >= 11 is 1.74. The van der Waals surface area contributed by atoms with Crippen LogP contribution in [0, 0.1) is 0 Å². The number of hydrogen-bond donors (Lipinski definition) is 2. The minimum atomic E-state index is -0.0605. The number of rotatable bonds is 5. The monoisotopic (exact) mass is 284 g/mol. The zero-order valence-corrected chi connectivity index (χ0v) is 13.2. The third kappa shape index (κ3) is 5.57. The van der Waals surface area contributed by atoms with Gasteiger partial charge in [0.2, 0.25) is 0 Å². The number of thiazole rings is 1. The molecule has 0 atom stereocenters. The Morgan fingerprint density at radius 2 is 2.05 bits per heavy atom. The van der Waals surface area contributed by atoms with Crippen molar-refractivity contribution in [2.45, 2.75) is 32.7 Å². The highest BCUT2D eigenvalue weighted by atomic mass is 32.1. The smallest absolute Gasteiger partial charge is 0.316 e. The molecular weight excluding hydrogens is 260 g/mol. The number of nitrogens with one attached hydrogen (secondary N) is 2. The van der Waals surface area contributed by atoms with Crippen molar-refractivity contribution in [3.63, 3.8) is 0 Å². The van der Waals surface area contributed by atoms with Crippen LogP contribution >= 0.6 is 11.3 Å². The van der Waals surface area contributed by atoms with E-state index in [1.807, 2.05) is 6.20 Å². The quantitative estimate of drug-likeness (QED) is 0.811. The first kappa shape index (κ1) is 15.9. The lowest BCUT2D eigenvalue weighted by atomic mass is 9.98. The molecule has 1 aromatic heterocycles. The van der Waals surface area contributed by atoms with Gasteiger partial charge >= 0.3 is 6.03 Å². The van der Waals surface area contributed by atoms with Gasteiger partial charge in [-0.25, -0.2) is 9.78 Å². The Balaban J connectivity index is 2.23. The molecule has 0 aliphatic carbocycles. The molecule has 0 bridgehead atoms. The van der Waals surface area contributed by atoms with Gasteiger partial charge in [-0.15, -0.1) is 11.3 Å². The Hall–Kier alpha value is -1.14. The summed E-state index contributed by atoms with van der Waals surface area (Å²) in [4.78, 5) is 18.5. The van der Waals surface area contributed by atoms with Crippen molar-refractivity contribution in [1.29, 1.82) is 0 Å². The number of carbonyl (C=O) groups is 1. The zero-order valence-electron chi connectivity index (χ0n) is 12.4. The fourth-order valence-electron chi connectivity index (χ4n) is 1.36. The van der Waals surface area contributed by atoms with Crippen LogP contribution in [-0.2, 0) is 12.0 Å². The van der Waals surface area contributed by atoms with Gasteiger partial charge < -0.3 is 15.5 Å². The molecule has 0 fully saturated rings. The number of nitrogens with zero attached hydrogens (tertiary/aromatic N) is 2. The van der Waals surface area contributed by atoms with Crippen molar-refractivity contribution in [1.82, 2.24) is 20.5 Å². The molecular formula is C13H24N4OS. The van der Waals surface area contributed by atoms with Crippen LogP contribution < -0.4 is 10.6 Å². The summed E-state index contributed by atoms with van der Waals surface area (Å²) in [5.74, 6) is 0. The normalized spacial score (nSPS) is 11.4. The SMILES string of the molecule is CN(C)C(=O)NCCNCc1cnc(C(C)(C)C)s1. The molecule has 1 heterocycles. The van der Waals surface area contributed by atoms with E-state index in [0.29, 0.717) is 6.54 Å². The fraction of sp³-hybridized carbons (Fsp3) is 0.692. The number of urea groups is 1. The Kier molecular flexibility index (Phi) is 5.75. The molecule has 19 heavy (non-hydrogen) atoms. The van der Waals surface area contributed by atoms with Crippen LogP contribution in [0.1, 0.15) is 30.7 Å². The molecule has 0 aliphatic heterocycles. The predicted molar refractivity (Wildman–Crippen MR) is 79.6 cm³/mol. The molecule has 0 unspecified atom stereocenters. The second-order valence-corrected chi connectivity index (χ2v) is 6.80. The summed E-state index contributed by atoms with van der Waals surface area (Å²) < 4.78 is 0. The minimum Gasteiger partial charge on any atom is -0.337 e. The summed E-state index contributed by atoms with van der Waals surface area (Å²) in [5.41, 5.74) is 0.114. The van der Waals surface area contributed by atoms with Crippen molar-refractivity contribution in [2.24, 2.45) is 0 Å². The maximum Gasteiger partial charge on any atom is 0.316 e. The molecule has 0 aromatic carbocycles. The van der Waals surface area contributed by atoms with E-state index >= 15 is 0 Å². The van der Waals surface area contributed by atoms with Crippen molar-refractivity contribution in [3.8, 4) is 0 Å². The predicted octanol–water partition coefficient (Wildman–Crippen LogP) is 1.80. The average Bonchev–Trinajstić information content (AvgIpc) is 2.76. The standard InChI is InChI=1S/C13H24N4OS/c1-13(2,3)11-16-9-10(19-11)8-14-6-7-15-12(18)17(4)5/h9,14H,6-8H2,1-5H3,(H,15,18). The van der Waals surface area contributed by atoms with Crippen molar-refractivity contribution in [3.05, 3.63) is 16.1 Å². The fourth-order valence-corrected chi connectivity index (χ4v) is 2.30. The molecule has 1 rings (SSSR count). The van der Waals surface area contributed by atoms with Gasteiger partial charge in [-0.05, 0) is 0 Å². The van der Waals surface area contributed by atoms with Gasteiger partial charge in [-0.1, -0.05) is 20.8 Å². The second-order valence-electron chi connectivity index (χ2n) is 5.68. The molecule has 0 saturated heterocycles. The second kappa shape index (κ2) is 6.86. The van der Waals surface area contributed by atoms with Crippen LogP contribution in [0.5, 0.6) is 0 Å². The van der Waals surface area contributed by atoms with Crippen LogP contribution in [0.15, 0.2) is 6.20 Å². The largest absolute Gasteiger partial charge is 0.337 e. The molecule has 0 spiro atoms. The topological polar surface area (TPSA) is 57.3 Å². The van der Waals surface area contributed by atoms with E-state index in [9.17, 15) is 4.79 Å². The molecule has 6 heteroatoms. The summed E-state index contributed by atoms with van der Waals surface area (Å²) in [5, 5.41) is 7.27. The highest BCUT2D eigenvalue weighted by molar-refractivity contribution is 7.11. The summed E-state index contributed by atoms with van der Waals surface area (Å²) in [6, 6.07) is -0.0605. The highest BCUT2D eigenvalue weighted by Gasteiger charge is 2.17. The van der Waals surface area contributed by atoms with Gasteiger partial charge in [0.1, 0.15) is 0 Å². The third-order valence-electron chi connectivity index (χ3n) is 2.48. The molecule has 2 N–H and O–H groups in total. The highest BCUT2D eigenvalue weighted by Crippen LogP contribution is 2.26. The number of amides is 2. The molecule has 108 valence electrons. The Morgan fingerprint density at radius 3 is 2.58 bits per heavy atom. The van der Waals surface area contributed by atoms with Gasteiger partial charge in [0.25, 0.3) is 0 Å². The van der Waals surface area contributed by atoms with Crippen LogP contribution in [-0.4, -0.2) is 43.1 Å². The maximum absolute atomic E-state index is 11.3.